The van der Waals surface area contributed by atoms with E-state index in [1.54, 1.807) is 0 Å². The van der Waals surface area contributed by atoms with Gasteiger partial charge < -0.3 is 5.32 Å². The van der Waals surface area contributed by atoms with Crippen molar-refractivity contribution in [1.82, 2.24) is 5.32 Å². The summed E-state index contributed by atoms with van der Waals surface area (Å²) in [6.45, 7) is 5.30. The van der Waals surface area contributed by atoms with Gasteiger partial charge in [-0.15, -0.1) is 12.6 Å². The molecule has 3 rings (SSSR count). The smallest absolute Gasteiger partial charge is 0.0689 e. The van der Waals surface area contributed by atoms with Gasteiger partial charge >= 0.3 is 0 Å². The van der Waals surface area contributed by atoms with Crippen LogP contribution in [-0.4, -0.2) is 6.54 Å². The van der Waals surface area contributed by atoms with Gasteiger partial charge in [0.2, 0.25) is 0 Å². The van der Waals surface area contributed by atoms with E-state index < -0.39 is 0 Å². The number of nitrogens with one attached hydrogen (secondary N) is 1. The highest BCUT2D eigenvalue weighted by Gasteiger charge is 2.12. The van der Waals surface area contributed by atoms with Gasteiger partial charge in [-0.25, -0.2) is 0 Å². The number of hydrogen-bond acceptors (Lipinski definition) is 2. The third-order valence-corrected chi connectivity index (χ3v) is 4.45. The Kier molecular flexibility index (Phi) is 3.58. The lowest BCUT2D eigenvalue weighted by Crippen LogP contribution is -2.01. The van der Waals surface area contributed by atoms with Crippen LogP contribution >= 0.6 is 12.6 Å². The van der Waals surface area contributed by atoms with Gasteiger partial charge in [0.15, 0.2) is 0 Å². The Morgan fingerprint density at radius 3 is 2.10 bits per heavy atom. The lowest BCUT2D eigenvalue weighted by molar-refractivity contribution is 0.912. The minimum Gasteiger partial charge on any atom is -0.379 e. The van der Waals surface area contributed by atoms with Gasteiger partial charge in [-0.05, 0) is 53.7 Å². The van der Waals surface area contributed by atoms with Gasteiger partial charge in [0.1, 0.15) is 0 Å². The largest absolute Gasteiger partial charge is 0.379 e. The fourth-order valence-electron chi connectivity index (χ4n) is 2.60. The topological polar surface area (TPSA) is 12.0 Å². The van der Waals surface area contributed by atoms with E-state index in [0.717, 1.165) is 18.0 Å². The predicted octanol–water partition coefficient (Wildman–Crippen LogP) is 4.56. The summed E-state index contributed by atoms with van der Waals surface area (Å²) >= 11 is 4.49. The van der Waals surface area contributed by atoms with Crippen molar-refractivity contribution < 1.29 is 0 Å². The van der Waals surface area contributed by atoms with Crippen molar-refractivity contribution in [3.8, 4) is 11.1 Å². The van der Waals surface area contributed by atoms with Gasteiger partial charge in [0.05, 0.1) is 5.03 Å². The van der Waals surface area contributed by atoms with Crippen LogP contribution in [-0.2, 0) is 0 Å². The number of hydrogen-bond donors (Lipinski definition) is 2. The molecular formula is C18H19NS. The van der Waals surface area contributed by atoms with Crippen LogP contribution in [0.15, 0.2) is 47.5 Å². The molecule has 1 aliphatic heterocycles. The van der Waals surface area contributed by atoms with Crippen molar-refractivity contribution in [2.24, 2.45) is 0 Å². The molecule has 0 saturated carbocycles. The van der Waals surface area contributed by atoms with Crippen LogP contribution in [0, 0.1) is 13.8 Å². The summed E-state index contributed by atoms with van der Waals surface area (Å²) in [5.74, 6) is 0. The molecule has 0 bridgehead atoms. The van der Waals surface area contributed by atoms with E-state index in [4.69, 9.17) is 0 Å². The molecule has 0 atom stereocenters. The summed E-state index contributed by atoms with van der Waals surface area (Å²) in [6, 6.07) is 15.4. The summed E-state index contributed by atoms with van der Waals surface area (Å²) in [7, 11) is 0. The van der Waals surface area contributed by atoms with Crippen LogP contribution in [0.1, 0.15) is 23.1 Å². The van der Waals surface area contributed by atoms with Gasteiger partial charge in [-0.2, -0.15) is 0 Å². The summed E-state index contributed by atoms with van der Waals surface area (Å²) in [4.78, 5) is 0. The molecule has 1 N–H and O–H groups in total. The fraction of sp³-hybridized carbons (Fsp3) is 0.222. The van der Waals surface area contributed by atoms with Crippen LogP contribution in [0.25, 0.3) is 16.7 Å². The average molecular weight is 281 g/mol. The van der Waals surface area contributed by atoms with Crippen molar-refractivity contribution in [3.05, 3.63) is 64.2 Å². The quantitative estimate of drug-likeness (QED) is 0.769. The second-order valence-corrected chi connectivity index (χ2v) is 5.83. The summed E-state index contributed by atoms with van der Waals surface area (Å²) in [5, 5.41) is 4.29. The van der Waals surface area contributed by atoms with E-state index in [9.17, 15) is 0 Å². The number of thiol groups is 1. The number of rotatable bonds is 2. The average Bonchev–Trinajstić information content (AvgIpc) is 2.88. The molecule has 0 saturated heterocycles. The first-order valence-electron chi connectivity index (χ1n) is 6.99. The second-order valence-electron chi connectivity index (χ2n) is 5.38. The van der Waals surface area contributed by atoms with Gasteiger partial charge in [-0.3, -0.25) is 0 Å². The lowest BCUT2D eigenvalue weighted by Gasteiger charge is -2.08. The Morgan fingerprint density at radius 2 is 1.50 bits per heavy atom. The molecule has 0 aliphatic carbocycles. The maximum Gasteiger partial charge on any atom is 0.0689 e. The van der Waals surface area contributed by atoms with E-state index in [2.05, 4.69) is 74.3 Å². The monoisotopic (exact) mass is 281 g/mol. The van der Waals surface area contributed by atoms with Crippen molar-refractivity contribution >= 4 is 18.2 Å². The van der Waals surface area contributed by atoms with E-state index in [-0.39, 0.29) is 0 Å². The first-order chi connectivity index (χ1) is 9.65. The van der Waals surface area contributed by atoms with Crippen molar-refractivity contribution in [2.75, 3.05) is 6.54 Å². The maximum atomic E-state index is 4.49. The Hall–Kier alpha value is -1.67. The minimum atomic E-state index is 0.993. The first-order valence-corrected chi connectivity index (χ1v) is 7.44. The highest BCUT2D eigenvalue weighted by atomic mass is 32.1. The Labute approximate surface area is 126 Å². The minimum absolute atomic E-state index is 0.993. The highest BCUT2D eigenvalue weighted by molar-refractivity contribution is 7.84. The zero-order valence-electron chi connectivity index (χ0n) is 11.9. The first kappa shape index (κ1) is 13.3. The van der Waals surface area contributed by atoms with Crippen LogP contribution in [0.2, 0.25) is 0 Å². The van der Waals surface area contributed by atoms with Crippen molar-refractivity contribution in [2.45, 2.75) is 20.3 Å². The lowest BCUT2D eigenvalue weighted by atomic mass is 9.98. The maximum absolute atomic E-state index is 4.49. The third-order valence-electron chi connectivity index (χ3n) is 4.03. The van der Waals surface area contributed by atoms with E-state index in [0.29, 0.717) is 0 Å². The van der Waals surface area contributed by atoms with E-state index in [1.807, 2.05) is 0 Å². The molecule has 0 fully saturated rings. The standard InChI is InChI=1S/C18H19NS/c1-12-3-4-16(11-13(12)2)14-5-7-15(8-6-14)17-9-10-19-18(17)20/h3-8,11,19-20H,9-10H2,1-2H3. The zero-order chi connectivity index (χ0) is 14.1. The van der Waals surface area contributed by atoms with Gasteiger partial charge in [0, 0.05) is 6.54 Å². The van der Waals surface area contributed by atoms with E-state index >= 15 is 0 Å². The molecule has 0 amide bonds. The predicted molar refractivity (Wildman–Crippen MR) is 89.9 cm³/mol. The van der Waals surface area contributed by atoms with Crippen molar-refractivity contribution in [1.29, 1.82) is 0 Å². The molecule has 2 aromatic rings. The molecule has 2 aromatic carbocycles. The molecule has 102 valence electrons. The molecule has 0 spiro atoms. The molecule has 0 aromatic heterocycles. The molecule has 1 heterocycles. The van der Waals surface area contributed by atoms with Crippen molar-refractivity contribution in [3.63, 3.8) is 0 Å². The summed E-state index contributed by atoms with van der Waals surface area (Å²) in [6.07, 6.45) is 1.06. The molecule has 2 heteroatoms. The molecule has 0 radical (unpaired) electrons. The van der Waals surface area contributed by atoms with Crippen LogP contribution in [0.3, 0.4) is 0 Å². The zero-order valence-corrected chi connectivity index (χ0v) is 12.8. The van der Waals surface area contributed by atoms with Gasteiger partial charge in [-0.1, -0.05) is 42.5 Å². The van der Waals surface area contributed by atoms with Crippen LogP contribution in [0.5, 0.6) is 0 Å². The molecular weight excluding hydrogens is 262 g/mol. The summed E-state index contributed by atoms with van der Waals surface area (Å²) < 4.78 is 0. The Bertz CT molecular complexity index is 668. The van der Waals surface area contributed by atoms with Crippen LogP contribution in [0.4, 0.5) is 0 Å². The normalized spacial score (nSPS) is 14.6. The molecule has 1 nitrogen and oxygen atoms in total. The molecule has 20 heavy (non-hydrogen) atoms. The third kappa shape index (κ3) is 2.48. The fourth-order valence-corrected chi connectivity index (χ4v) is 2.95. The highest BCUT2D eigenvalue weighted by Crippen LogP contribution is 2.29. The molecule has 0 unspecified atom stereocenters. The Morgan fingerprint density at radius 1 is 0.850 bits per heavy atom. The van der Waals surface area contributed by atoms with E-state index in [1.165, 1.54) is 33.4 Å². The second kappa shape index (κ2) is 5.37. The van der Waals surface area contributed by atoms with Crippen LogP contribution < -0.4 is 5.32 Å². The number of aryl methyl sites for hydroxylation is 2. The summed E-state index contributed by atoms with van der Waals surface area (Å²) in [5.41, 5.74) is 7.82. The number of benzene rings is 2. The van der Waals surface area contributed by atoms with Gasteiger partial charge in [0.25, 0.3) is 0 Å². The Balaban J connectivity index is 1.93. The molecule has 1 aliphatic rings. The SMILES string of the molecule is Cc1ccc(-c2ccc(C3=C(S)NCC3)cc2)cc1C.